The lowest BCUT2D eigenvalue weighted by Crippen LogP contribution is -2.32. The minimum absolute atomic E-state index is 0.00322. The predicted molar refractivity (Wildman–Crippen MR) is 120 cm³/mol. The molecule has 0 radical (unpaired) electrons. The third kappa shape index (κ3) is 4.65. The molecule has 1 aliphatic heterocycles. The summed E-state index contributed by atoms with van der Waals surface area (Å²) in [4.78, 5) is 51.8. The van der Waals surface area contributed by atoms with Crippen LogP contribution in [0.4, 0.5) is 4.79 Å². The number of rotatable bonds is 8. The summed E-state index contributed by atoms with van der Waals surface area (Å²) in [5, 5.41) is 4.38. The van der Waals surface area contributed by atoms with E-state index in [-0.39, 0.29) is 37.4 Å². The summed E-state index contributed by atoms with van der Waals surface area (Å²) < 4.78 is 21.8. The number of ether oxygens (including phenoxy) is 3. The van der Waals surface area contributed by atoms with E-state index in [1.54, 1.807) is 6.92 Å². The standard InChI is InChI=1S/C25H26N2O9/c1-3-32-24(30)22-17-10-16(11-18(17)22)34-15-6-4-14(5-7-15)23-19(13(2)26-35-23)12-33-25(31)36-27-20(28)8-9-21(27)29/h4-7,16-18,22H,3,8-12H2,1-2H3. The van der Waals surface area contributed by atoms with Gasteiger partial charge in [-0.2, -0.15) is 0 Å². The van der Waals surface area contributed by atoms with Crippen molar-refractivity contribution in [3.05, 3.63) is 35.5 Å². The van der Waals surface area contributed by atoms with Gasteiger partial charge in [0.05, 0.1) is 29.9 Å². The van der Waals surface area contributed by atoms with Crippen molar-refractivity contribution in [3.63, 3.8) is 0 Å². The van der Waals surface area contributed by atoms with Crippen molar-refractivity contribution in [1.29, 1.82) is 0 Å². The normalized spacial score (nSPS) is 24.4. The third-order valence-electron chi connectivity index (χ3n) is 6.87. The minimum Gasteiger partial charge on any atom is -0.490 e. The second-order valence-electron chi connectivity index (χ2n) is 9.13. The number of hydroxylamine groups is 2. The molecule has 11 heteroatoms. The Morgan fingerprint density at radius 3 is 2.36 bits per heavy atom. The molecule has 5 rings (SSSR count). The number of aryl methyl sites for hydroxylation is 1. The Labute approximate surface area is 206 Å². The molecule has 3 aliphatic rings. The monoisotopic (exact) mass is 498 g/mol. The highest BCUT2D eigenvalue weighted by atomic mass is 16.8. The number of benzene rings is 1. The van der Waals surface area contributed by atoms with Crippen molar-refractivity contribution in [2.75, 3.05) is 6.61 Å². The average molecular weight is 498 g/mol. The van der Waals surface area contributed by atoms with Crippen LogP contribution in [-0.2, 0) is 35.3 Å². The van der Waals surface area contributed by atoms with Gasteiger partial charge in [-0.15, -0.1) is 0 Å². The quantitative estimate of drug-likeness (QED) is 0.394. The Morgan fingerprint density at radius 1 is 1.06 bits per heavy atom. The van der Waals surface area contributed by atoms with Gasteiger partial charge in [0.2, 0.25) is 0 Å². The topological polar surface area (TPSA) is 134 Å². The van der Waals surface area contributed by atoms with Gasteiger partial charge in [0.25, 0.3) is 11.8 Å². The fourth-order valence-electron chi connectivity index (χ4n) is 5.03. The van der Waals surface area contributed by atoms with Crippen LogP contribution in [0.2, 0.25) is 0 Å². The van der Waals surface area contributed by atoms with E-state index in [9.17, 15) is 19.2 Å². The summed E-state index contributed by atoms with van der Waals surface area (Å²) in [5.74, 6) is 0.571. The number of amides is 2. The Kier molecular flexibility index (Phi) is 6.38. The van der Waals surface area contributed by atoms with Gasteiger partial charge in [0.1, 0.15) is 12.4 Å². The van der Waals surface area contributed by atoms with E-state index in [4.69, 9.17) is 23.6 Å². The Morgan fingerprint density at radius 2 is 1.72 bits per heavy atom. The van der Waals surface area contributed by atoms with Crippen molar-refractivity contribution in [2.45, 2.75) is 52.2 Å². The van der Waals surface area contributed by atoms with Gasteiger partial charge in [-0.1, -0.05) is 10.2 Å². The van der Waals surface area contributed by atoms with Crippen LogP contribution in [0.15, 0.2) is 28.8 Å². The molecule has 190 valence electrons. The molecular weight excluding hydrogens is 472 g/mol. The first kappa shape index (κ1) is 23.8. The number of hydrogen-bond acceptors (Lipinski definition) is 10. The van der Waals surface area contributed by atoms with Crippen LogP contribution >= 0.6 is 0 Å². The maximum Gasteiger partial charge on any atom is 0.534 e. The largest absolute Gasteiger partial charge is 0.534 e. The lowest BCUT2D eigenvalue weighted by atomic mass is 10.1. The molecular formula is C25H26N2O9. The molecule has 2 aromatic rings. The fraction of sp³-hybridized carbons (Fsp3) is 0.480. The van der Waals surface area contributed by atoms with Gasteiger partial charge < -0.3 is 18.7 Å². The molecule has 2 heterocycles. The SMILES string of the molecule is CCOC(=O)C1C2CC(Oc3ccc(-c4onc(C)c4COC(=O)ON4C(=O)CCC4=O)cc3)CC21. The molecule has 1 saturated heterocycles. The van der Waals surface area contributed by atoms with Crippen molar-refractivity contribution in [1.82, 2.24) is 10.2 Å². The Bertz CT molecular complexity index is 1160. The number of aromatic nitrogens is 1. The third-order valence-corrected chi connectivity index (χ3v) is 6.87. The van der Waals surface area contributed by atoms with E-state index in [0.717, 1.165) is 12.8 Å². The molecule has 0 bridgehead atoms. The molecule has 11 nitrogen and oxygen atoms in total. The zero-order chi connectivity index (χ0) is 25.4. The maximum atomic E-state index is 12.0. The highest BCUT2D eigenvalue weighted by molar-refractivity contribution is 6.01. The first-order chi connectivity index (χ1) is 17.4. The van der Waals surface area contributed by atoms with Crippen LogP contribution in [0.1, 0.15) is 43.9 Å². The number of nitrogens with zero attached hydrogens (tertiary/aromatic N) is 2. The molecule has 3 fully saturated rings. The van der Waals surface area contributed by atoms with Gasteiger partial charge in [-0.3, -0.25) is 19.2 Å². The number of fused-ring (bicyclic) bond motifs is 1. The first-order valence-corrected chi connectivity index (χ1v) is 11.9. The molecule has 0 spiro atoms. The molecule has 2 aliphatic carbocycles. The maximum absolute atomic E-state index is 12.0. The molecule has 36 heavy (non-hydrogen) atoms. The zero-order valence-electron chi connectivity index (χ0n) is 19.9. The van der Waals surface area contributed by atoms with Gasteiger partial charge in [0, 0.05) is 18.4 Å². The lowest BCUT2D eigenvalue weighted by molar-refractivity contribution is -0.177. The predicted octanol–water partition coefficient (Wildman–Crippen LogP) is 3.33. The van der Waals surface area contributed by atoms with Crippen LogP contribution in [0.5, 0.6) is 5.75 Å². The van der Waals surface area contributed by atoms with Gasteiger partial charge in [0.15, 0.2) is 5.76 Å². The highest BCUT2D eigenvalue weighted by Gasteiger charge is 2.61. The summed E-state index contributed by atoms with van der Waals surface area (Å²) in [7, 11) is 0. The number of hydrogen-bond donors (Lipinski definition) is 0. The molecule has 2 amide bonds. The van der Waals surface area contributed by atoms with Crippen LogP contribution in [0, 0.1) is 24.7 Å². The molecule has 0 N–H and O–H groups in total. The van der Waals surface area contributed by atoms with Crippen molar-refractivity contribution in [3.8, 4) is 17.1 Å². The van der Waals surface area contributed by atoms with Crippen molar-refractivity contribution < 1.29 is 42.7 Å². The molecule has 2 saturated carbocycles. The van der Waals surface area contributed by atoms with Crippen LogP contribution in [0.25, 0.3) is 11.3 Å². The number of carbonyl (C=O) groups is 4. The average Bonchev–Trinajstić information content (AvgIpc) is 3.11. The second kappa shape index (κ2) is 9.63. The molecule has 2 atom stereocenters. The summed E-state index contributed by atoms with van der Waals surface area (Å²) in [6.45, 7) is 3.71. The van der Waals surface area contributed by atoms with E-state index in [1.165, 1.54) is 0 Å². The van der Waals surface area contributed by atoms with Crippen molar-refractivity contribution in [2.24, 2.45) is 17.8 Å². The van der Waals surface area contributed by atoms with Gasteiger partial charge >= 0.3 is 12.1 Å². The molecule has 1 aromatic heterocycles. The van der Waals surface area contributed by atoms with Crippen LogP contribution in [0.3, 0.4) is 0 Å². The van der Waals surface area contributed by atoms with E-state index in [1.807, 2.05) is 31.2 Å². The van der Waals surface area contributed by atoms with E-state index < -0.39 is 18.0 Å². The van der Waals surface area contributed by atoms with Crippen LogP contribution in [-0.4, -0.2) is 46.9 Å². The highest BCUT2D eigenvalue weighted by Crippen LogP contribution is 2.58. The van der Waals surface area contributed by atoms with E-state index >= 15 is 0 Å². The number of esters is 1. The Balaban J connectivity index is 1.15. The van der Waals surface area contributed by atoms with Gasteiger partial charge in [-0.25, -0.2) is 4.79 Å². The van der Waals surface area contributed by atoms with Crippen molar-refractivity contribution >= 4 is 23.9 Å². The second-order valence-corrected chi connectivity index (χ2v) is 9.13. The van der Waals surface area contributed by atoms with Crippen LogP contribution < -0.4 is 4.74 Å². The van der Waals surface area contributed by atoms with E-state index in [0.29, 0.717) is 51.8 Å². The fourth-order valence-corrected chi connectivity index (χ4v) is 5.03. The lowest BCUT2D eigenvalue weighted by Gasteiger charge is -2.17. The first-order valence-electron chi connectivity index (χ1n) is 11.9. The summed E-state index contributed by atoms with van der Waals surface area (Å²) in [5.41, 5.74) is 1.75. The summed E-state index contributed by atoms with van der Waals surface area (Å²) in [6.07, 6.45) is 0.558. The minimum atomic E-state index is -1.17. The molecule has 2 unspecified atom stereocenters. The molecule has 1 aromatic carbocycles. The summed E-state index contributed by atoms with van der Waals surface area (Å²) >= 11 is 0. The van der Waals surface area contributed by atoms with E-state index in [2.05, 4.69) is 5.16 Å². The number of carbonyl (C=O) groups excluding carboxylic acids is 4. The Hall–Kier alpha value is -3.89. The zero-order valence-corrected chi connectivity index (χ0v) is 19.9. The smallest absolute Gasteiger partial charge is 0.490 e. The van der Waals surface area contributed by atoms with Gasteiger partial charge in [-0.05, 0) is 62.8 Å². The number of imide groups is 1. The summed E-state index contributed by atoms with van der Waals surface area (Å²) in [6, 6.07) is 7.28.